The Morgan fingerprint density at radius 1 is 1.62 bits per heavy atom. The zero-order chi connectivity index (χ0) is 11.3. The number of carboxylic acids is 1. The lowest BCUT2D eigenvalue weighted by Crippen LogP contribution is -2.32. The van der Waals surface area contributed by atoms with Crippen LogP contribution < -0.4 is 10.1 Å². The van der Waals surface area contributed by atoms with Gasteiger partial charge in [0.1, 0.15) is 11.8 Å². The molecule has 0 spiro atoms. The summed E-state index contributed by atoms with van der Waals surface area (Å²) in [5.41, 5.74) is 0.885. The van der Waals surface area contributed by atoms with Crippen molar-refractivity contribution < 1.29 is 14.6 Å². The van der Waals surface area contributed by atoms with Crippen molar-refractivity contribution in [2.24, 2.45) is 13.0 Å². The van der Waals surface area contributed by atoms with Gasteiger partial charge >= 0.3 is 5.97 Å². The Balaban J connectivity index is 1.94. The molecule has 2 heterocycles. The summed E-state index contributed by atoms with van der Waals surface area (Å²) in [4.78, 5) is 11.1. The molecule has 1 aromatic rings. The summed E-state index contributed by atoms with van der Waals surface area (Å²) >= 11 is 0. The second-order valence-electron chi connectivity index (χ2n) is 4.51. The fourth-order valence-corrected chi connectivity index (χ4v) is 2.25. The molecule has 2 aliphatic rings. The van der Waals surface area contributed by atoms with E-state index in [-0.39, 0.29) is 11.8 Å². The van der Waals surface area contributed by atoms with Gasteiger partial charge in [0.05, 0.1) is 6.54 Å². The van der Waals surface area contributed by atoms with Crippen molar-refractivity contribution >= 4 is 11.7 Å². The lowest BCUT2D eigenvalue weighted by molar-refractivity contribution is 0.0687. The highest BCUT2D eigenvalue weighted by Gasteiger charge is 2.37. The highest BCUT2D eigenvalue weighted by Crippen LogP contribution is 2.41. The normalized spacial score (nSPS) is 23.2. The van der Waals surface area contributed by atoms with E-state index in [9.17, 15) is 4.79 Å². The van der Waals surface area contributed by atoms with Crippen LogP contribution in [-0.4, -0.2) is 28.3 Å². The number of fused-ring (bicyclic) bond motifs is 1. The van der Waals surface area contributed by atoms with Crippen LogP contribution in [0.15, 0.2) is 6.20 Å². The van der Waals surface area contributed by atoms with E-state index < -0.39 is 5.97 Å². The second-order valence-corrected chi connectivity index (χ2v) is 4.51. The smallest absolute Gasteiger partial charge is 0.354 e. The number of carbonyl (C=O) groups is 1. The van der Waals surface area contributed by atoms with E-state index >= 15 is 0 Å². The minimum Gasteiger partial charge on any atom is -0.484 e. The molecule has 1 saturated carbocycles. The maximum atomic E-state index is 11.1. The van der Waals surface area contributed by atoms with Gasteiger partial charge in [0.15, 0.2) is 11.4 Å². The summed E-state index contributed by atoms with van der Waals surface area (Å²) < 4.78 is 7.41. The highest BCUT2D eigenvalue weighted by molar-refractivity contribution is 5.95. The predicted molar refractivity (Wildman–Crippen MR) is 58.0 cm³/mol. The monoisotopic (exact) mass is 222 g/mol. The largest absolute Gasteiger partial charge is 0.484 e. The Kier molecular flexibility index (Phi) is 1.89. The summed E-state index contributed by atoms with van der Waals surface area (Å²) in [6, 6.07) is 0. The van der Waals surface area contributed by atoms with Gasteiger partial charge in [-0.15, -0.1) is 0 Å². The molecule has 2 N–H and O–H groups in total. The van der Waals surface area contributed by atoms with E-state index in [1.54, 1.807) is 17.8 Å². The molecule has 0 bridgehead atoms. The summed E-state index contributed by atoms with van der Waals surface area (Å²) in [5, 5.41) is 12.3. The maximum Gasteiger partial charge on any atom is 0.354 e. The number of rotatable bonds is 2. The standard InChI is InChI=1S/C11H14N2O3/c1-13-5-8-9(10(13)11(14)15)12-4-7(16-8)6-2-3-6/h5-7,12H,2-4H2,1H3,(H,14,15). The fraction of sp³-hybridized carbons (Fsp3) is 0.545. The Morgan fingerprint density at radius 2 is 2.38 bits per heavy atom. The van der Waals surface area contributed by atoms with Gasteiger partial charge in [-0.25, -0.2) is 4.79 Å². The van der Waals surface area contributed by atoms with E-state index in [1.807, 2.05) is 0 Å². The molecule has 1 aliphatic carbocycles. The number of hydrogen-bond donors (Lipinski definition) is 2. The lowest BCUT2D eigenvalue weighted by Gasteiger charge is -2.25. The van der Waals surface area contributed by atoms with Gasteiger partial charge in [-0.3, -0.25) is 0 Å². The van der Waals surface area contributed by atoms with E-state index in [2.05, 4.69) is 5.32 Å². The molecule has 3 rings (SSSR count). The van der Waals surface area contributed by atoms with Crippen LogP contribution in [0.3, 0.4) is 0 Å². The Labute approximate surface area is 93.0 Å². The summed E-state index contributed by atoms with van der Waals surface area (Å²) in [7, 11) is 1.72. The maximum absolute atomic E-state index is 11.1. The average molecular weight is 222 g/mol. The topological polar surface area (TPSA) is 63.5 Å². The number of aryl methyl sites for hydroxylation is 1. The molecular formula is C11H14N2O3. The second kappa shape index (κ2) is 3.17. The van der Waals surface area contributed by atoms with Crippen molar-refractivity contribution in [3.05, 3.63) is 11.9 Å². The third-order valence-electron chi connectivity index (χ3n) is 3.26. The van der Waals surface area contributed by atoms with E-state index in [4.69, 9.17) is 9.84 Å². The van der Waals surface area contributed by atoms with Crippen LogP contribution in [0.4, 0.5) is 5.69 Å². The van der Waals surface area contributed by atoms with Crippen molar-refractivity contribution in [1.29, 1.82) is 0 Å². The lowest BCUT2D eigenvalue weighted by atomic mass is 10.2. The Morgan fingerprint density at radius 3 is 3.00 bits per heavy atom. The van der Waals surface area contributed by atoms with E-state index in [0.29, 0.717) is 23.9 Å². The van der Waals surface area contributed by atoms with Gasteiger partial charge in [0.25, 0.3) is 0 Å². The van der Waals surface area contributed by atoms with Crippen LogP contribution >= 0.6 is 0 Å². The number of aromatic nitrogens is 1. The van der Waals surface area contributed by atoms with Gasteiger partial charge in [-0.1, -0.05) is 0 Å². The van der Waals surface area contributed by atoms with Gasteiger partial charge in [-0.05, 0) is 18.8 Å². The van der Waals surface area contributed by atoms with Crippen LogP contribution in [0, 0.1) is 5.92 Å². The minimum atomic E-state index is -0.926. The minimum absolute atomic E-state index is 0.205. The first-order chi connectivity index (χ1) is 7.66. The zero-order valence-corrected chi connectivity index (χ0v) is 9.06. The zero-order valence-electron chi connectivity index (χ0n) is 9.06. The number of hydrogen-bond acceptors (Lipinski definition) is 3. The van der Waals surface area contributed by atoms with E-state index in [1.165, 1.54) is 12.8 Å². The van der Waals surface area contributed by atoms with E-state index in [0.717, 1.165) is 0 Å². The molecule has 5 heteroatoms. The van der Waals surface area contributed by atoms with Gasteiger partial charge in [-0.2, -0.15) is 0 Å². The van der Waals surface area contributed by atoms with Crippen LogP contribution in [0.5, 0.6) is 5.75 Å². The SMILES string of the molecule is Cn1cc2c(c1C(=O)O)NCC(C1CC1)O2. The summed E-state index contributed by atoms with van der Waals surface area (Å²) in [6.45, 7) is 0.710. The molecule has 0 radical (unpaired) electrons. The van der Waals surface area contributed by atoms with Crippen molar-refractivity contribution in [1.82, 2.24) is 4.57 Å². The number of nitrogens with zero attached hydrogens (tertiary/aromatic N) is 1. The Bertz CT molecular complexity index is 448. The van der Waals surface area contributed by atoms with Crippen LogP contribution in [0.1, 0.15) is 23.3 Å². The van der Waals surface area contributed by atoms with Gasteiger partial charge in [0.2, 0.25) is 0 Å². The number of aromatic carboxylic acids is 1. The van der Waals surface area contributed by atoms with Crippen molar-refractivity contribution in [2.75, 3.05) is 11.9 Å². The van der Waals surface area contributed by atoms with Crippen LogP contribution in [0.25, 0.3) is 0 Å². The van der Waals surface area contributed by atoms with Gasteiger partial charge < -0.3 is 19.7 Å². The summed E-state index contributed by atoms with van der Waals surface area (Å²) in [6.07, 6.45) is 4.39. The first kappa shape index (κ1) is 9.57. The summed E-state index contributed by atoms with van der Waals surface area (Å²) in [5.74, 6) is 0.391. The molecule has 1 fully saturated rings. The quantitative estimate of drug-likeness (QED) is 0.791. The third kappa shape index (κ3) is 1.35. The van der Waals surface area contributed by atoms with Crippen molar-refractivity contribution in [3.8, 4) is 5.75 Å². The molecule has 0 aromatic carbocycles. The number of ether oxygens (including phenoxy) is 1. The number of carboxylic acid groups (broad SMARTS) is 1. The van der Waals surface area contributed by atoms with Gasteiger partial charge in [0, 0.05) is 13.2 Å². The highest BCUT2D eigenvalue weighted by atomic mass is 16.5. The Hall–Kier alpha value is -1.65. The number of nitrogens with one attached hydrogen (secondary N) is 1. The molecule has 1 unspecified atom stereocenters. The third-order valence-corrected chi connectivity index (χ3v) is 3.26. The molecule has 86 valence electrons. The average Bonchev–Trinajstić information content (AvgIpc) is 2.99. The molecule has 0 saturated heterocycles. The molecule has 5 nitrogen and oxygen atoms in total. The molecule has 1 atom stereocenters. The molecule has 16 heavy (non-hydrogen) atoms. The van der Waals surface area contributed by atoms with Crippen molar-refractivity contribution in [2.45, 2.75) is 18.9 Å². The van der Waals surface area contributed by atoms with Crippen molar-refractivity contribution in [3.63, 3.8) is 0 Å². The molecular weight excluding hydrogens is 208 g/mol. The van der Waals surface area contributed by atoms with Crippen LogP contribution in [-0.2, 0) is 7.05 Å². The van der Waals surface area contributed by atoms with Crippen LogP contribution in [0.2, 0.25) is 0 Å². The first-order valence-corrected chi connectivity index (χ1v) is 5.50. The molecule has 0 amide bonds. The molecule has 1 aliphatic heterocycles. The first-order valence-electron chi connectivity index (χ1n) is 5.50. The number of anilines is 1. The molecule has 1 aromatic heterocycles. The predicted octanol–water partition coefficient (Wildman–Crippen LogP) is 1.31. The fourth-order valence-electron chi connectivity index (χ4n) is 2.25.